The minimum atomic E-state index is -0.452. The van der Waals surface area contributed by atoms with Gasteiger partial charge in [-0.1, -0.05) is 0 Å². The fourth-order valence-electron chi connectivity index (χ4n) is 2.48. The van der Waals surface area contributed by atoms with Crippen LogP contribution in [0.1, 0.15) is 24.9 Å². The van der Waals surface area contributed by atoms with Gasteiger partial charge in [0.15, 0.2) is 0 Å². The zero-order chi connectivity index (χ0) is 15.4. The number of hydrogen-bond donors (Lipinski definition) is 3. The summed E-state index contributed by atoms with van der Waals surface area (Å²) in [6.45, 7) is 2.35. The van der Waals surface area contributed by atoms with Crippen molar-refractivity contribution >= 4 is 5.91 Å². The number of benzene rings is 1. The minimum Gasteiger partial charge on any atom is -0.497 e. The van der Waals surface area contributed by atoms with Crippen LogP contribution in [-0.2, 0) is 4.79 Å². The second-order valence-corrected chi connectivity index (χ2v) is 5.19. The molecule has 3 unspecified atom stereocenters. The average Bonchev–Trinajstić information content (AvgIpc) is 2.93. The van der Waals surface area contributed by atoms with Crippen LogP contribution in [0.15, 0.2) is 18.2 Å². The summed E-state index contributed by atoms with van der Waals surface area (Å²) in [4.78, 5) is 12.1. The van der Waals surface area contributed by atoms with E-state index in [1.807, 2.05) is 19.1 Å². The van der Waals surface area contributed by atoms with Crippen molar-refractivity contribution in [1.29, 1.82) is 0 Å². The van der Waals surface area contributed by atoms with Gasteiger partial charge in [0, 0.05) is 18.2 Å². The third kappa shape index (κ3) is 3.65. The molecule has 0 spiro atoms. The summed E-state index contributed by atoms with van der Waals surface area (Å²) in [5, 5.41) is 15.4. The van der Waals surface area contributed by atoms with E-state index >= 15 is 0 Å². The van der Waals surface area contributed by atoms with Crippen LogP contribution >= 0.6 is 0 Å². The first-order valence-electron chi connectivity index (χ1n) is 6.99. The Bertz CT molecular complexity index is 506. The van der Waals surface area contributed by atoms with Crippen molar-refractivity contribution in [3.8, 4) is 11.5 Å². The van der Waals surface area contributed by atoms with Gasteiger partial charge in [0.2, 0.25) is 5.91 Å². The highest BCUT2D eigenvalue weighted by atomic mass is 16.5. The van der Waals surface area contributed by atoms with Crippen LogP contribution < -0.4 is 20.1 Å². The number of β-amino-alcohol motifs (C(OH)–C–C–N with tert-alkyl or cyclic N) is 1. The molecular formula is C15H22N2O4. The Balaban J connectivity index is 2.05. The zero-order valence-electron chi connectivity index (χ0n) is 12.6. The Hall–Kier alpha value is -1.79. The number of rotatable bonds is 5. The summed E-state index contributed by atoms with van der Waals surface area (Å²) in [6.07, 6.45) is -0.00948. The number of ether oxygens (including phenoxy) is 2. The molecule has 1 fully saturated rings. The first-order chi connectivity index (χ1) is 10.0. The van der Waals surface area contributed by atoms with Gasteiger partial charge in [0.05, 0.1) is 32.4 Å². The lowest BCUT2D eigenvalue weighted by molar-refractivity contribution is -0.123. The Morgan fingerprint density at radius 1 is 1.43 bits per heavy atom. The average molecular weight is 294 g/mol. The highest BCUT2D eigenvalue weighted by Gasteiger charge is 2.29. The van der Waals surface area contributed by atoms with Crippen molar-refractivity contribution < 1.29 is 19.4 Å². The molecule has 0 bridgehead atoms. The molecule has 0 radical (unpaired) electrons. The van der Waals surface area contributed by atoms with E-state index in [1.165, 1.54) is 0 Å². The quantitative estimate of drug-likeness (QED) is 0.741. The van der Waals surface area contributed by atoms with Gasteiger partial charge in [-0.3, -0.25) is 4.79 Å². The Labute approximate surface area is 124 Å². The topological polar surface area (TPSA) is 79.8 Å². The lowest BCUT2D eigenvalue weighted by atomic mass is 10.1. The molecule has 1 aliphatic rings. The highest BCUT2D eigenvalue weighted by molar-refractivity contribution is 5.82. The second kappa shape index (κ2) is 6.78. The van der Waals surface area contributed by atoms with Gasteiger partial charge in [-0.25, -0.2) is 0 Å². The Morgan fingerprint density at radius 3 is 2.76 bits per heavy atom. The standard InChI is InChI=1S/C15H22N2O4/c1-9(17-15(19)13-6-10(18)8-16-13)12-5-4-11(20-2)7-14(12)21-3/h4-5,7,9-10,13,16,18H,6,8H2,1-3H3,(H,17,19). The normalized spacial score (nSPS) is 22.7. The van der Waals surface area contributed by atoms with Crippen LogP contribution in [0.3, 0.4) is 0 Å². The van der Waals surface area contributed by atoms with E-state index in [0.717, 1.165) is 5.56 Å². The maximum absolute atomic E-state index is 12.1. The largest absolute Gasteiger partial charge is 0.497 e. The van der Waals surface area contributed by atoms with Crippen LogP contribution in [-0.4, -0.2) is 43.9 Å². The van der Waals surface area contributed by atoms with Crippen LogP contribution in [0.5, 0.6) is 11.5 Å². The third-order valence-corrected chi connectivity index (χ3v) is 3.69. The first-order valence-corrected chi connectivity index (χ1v) is 6.99. The fourth-order valence-corrected chi connectivity index (χ4v) is 2.48. The van der Waals surface area contributed by atoms with Gasteiger partial charge < -0.3 is 25.2 Å². The molecule has 1 amide bonds. The predicted molar refractivity (Wildman–Crippen MR) is 78.5 cm³/mol. The highest BCUT2D eigenvalue weighted by Crippen LogP contribution is 2.29. The summed E-state index contributed by atoms with van der Waals surface area (Å²) in [6, 6.07) is 4.96. The van der Waals surface area contributed by atoms with Gasteiger partial charge >= 0.3 is 0 Å². The van der Waals surface area contributed by atoms with Crippen molar-refractivity contribution in [1.82, 2.24) is 10.6 Å². The summed E-state index contributed by atoms with van der Waals surface area (Å²) in [5.74, 6) is 1.26. The molecule has 0 aromatic heterocycles. The van der Waals surface area contributed by atoms with Crippen molar-refractivity contribution in [2.45, 2.75) is 31.5 Å². The van der Waals surface area contributed by atoms with Crippen molar-refractivity contribution in [3.63, 3.8) is 0 Å². The monoisotopic (exact) mass is 294 g/mol. The van der Waals surface area contributed by atoms with E-state index in [-0.39, 0.29) is 18.0 Å². The molecule has 1 aromatic carbocycles. The molecule has 21 heavy (non-hydrogen) atoms. The zero-order valence-corrected chi connectivity index (χ0v) is 12.6. The smallest absolute Gasteiger partial charge is 0.237 e. The molecule has 1 heterocycles. The van der Waals surface area contributed by atoms with Crippen molar-refractivity contribution in [3.05, 3.63) is 23.8 Å². The van der Waals surface area contributed by atoms with Crippen LogP contribution in [0.4, 0.5) is 0 Å². The van der Waals surface area contributed by atoms with Gasteiger partial charge in [0.1, 0.15) is 11.5 Å². The third-order valence-electron chi connectivity index (χ3n) is 3.69. The molecule has 3 atom stereocenters. The van der Waals surface area contributed by atoms with Crippen molar-refractivity contribution in [2.24, 2.45) is 0 Å². The SMILES string of the molecule is COc1ccc(C(C)NC(=O)C2CC(O)CN2)c(OC)c1. The molecule has 0 saturated carbocycles. The van der Waals surface area contributed by atoms with Gasteiger partial charge in [-0.15, -0.1) is 0 Å². The fraction of sp³-hybridized carbons (Fsp3) is 0.533. The molecule has 1 saturated heterocycles. The van der Waals surface area contributed by atoms with Crippen LogP contribution in [0.2, 0.25) is 0 Å². The van der Waals surface area contributed by atoms with E-state index in [1.54, 1.807) is 20.3 Å². The van der Waals surface area contributed by atoms with Gasteiger partial charge in [0.25, 0.3) is 0 Å². The van der Waals surface area contributed by atoms with Crippen LogP contribution in [0, 0.1) is 0 Å². The number of aliphatic hydroxyl groups excluding tert-OH is 1. The second-order valence-electron chi connectivity index (χ2n) is 5.19. The lowest BCUT2D eigenvalue weighted by Crippen LogP contribution is -2.41. The number of aliphatic hydroxyl groups is 1. The van der Waals surface area contributed by atoms with E-state index in [0.29, 0.717) is 24.5 Å². The summed E-state index contributed by atoms with van der Waals surface area (Å²) < 4.78 is 10.5. The van der Waals surface area contributed by atoms with E-state index in [9.17, 15) is 9.90 Å². The summed E-state index contributed by atoms with van der Waals surface area (Å²) >= 11 is 0. The molecule has 6 heteroatoms. The predicted octanol–water partition coefficient (Wildman–Crippen LogP) is 0.604. The van der Waals surface area contributed by atoms with Crippen LogP contribution in [0.25, 0.3) is 0 Å². The van der Waals surface area contributed by atoms with E-state index in [2.05, 4.69) is 10.6 Å². The van der Waals surface area contributed by atoms with Crippen molar-refractivity contribution in [2.75, 3.05) is 20.8 Å². The lowest BCUT2D eigenvalue weighted by Gasteiger charge is -2.20. The summed E-state index contributed by atoms with van der Waals surface area (Å²) in [7, 11) is 3.18. The molecular weight excluding hydrogens is 272 g/mol. The number of hydrogen-bond acceptors (Lipinski definition) is 5. The number of amides is 1. The molecule has 1 aliphatic heterocycles. The number of carbonyl (C=O) groups is 1. The van der Waals surface area contributed by atoms with Gasteiger partial charge in [-0.05, 0) is 25.5 Å². The molecule has 1 aromatic rings. The number of carbonyl (C=O) groups excluding carboxylic acids is 1. The minimum absolute atomic E-state index is 0.114. The molecule has 3 N–H and O–H groups in total. The van der Waals surface area contributed by atoms with E-state index in [4.69, 9.17) is 9.47 Å². The maximum atomic E-state index is 12.1. The Kier molecular flexibility index (Phi) is 5.03. The Morgan fingerprint density at radius 2 is 2.19 bits per heavy atom. The maximum Gasteiger partial charge on any atom is 0.237 e. The first kappa shape index (κ1) is 15.6. The number of methoxy groups -OCH3 is 2. The van der Waals surface area contributed by atoms with E-state index < -0.39 is 6.10 Å². The van der Waals surface area contributed by atoms with Gasteiger partial charge in [-0.2, -0.15) is 0 Å². The molecule has 6 nitrogen and oxygen atoms in total. The molecule has 0 aliphatic carbocycles. The molecule has 2 rings (SSSR count). The molecule has 116 valence electrons. The number of nitrogens with one attached hydrogen (secondary N) is 2. The summed E-state index contributed by atoms with van der Waals surface area (Å²) in [5.41, 5.74) is 0.880.